The second-order valence-electron chi connectivity index (χ2n) is 9.81. The topological polar surface area (TPSA) is 133 Å². The highest BCUT2D eigenvalue weighted by molar-refractivity contribution is 7.90. The molecule has 2 aliphatic carbocycles. The summed E-state index contributed by atoms with van der Waals surface area (Å²) in [7, 11) is -4.19. The molecule has 1 aliphatic heterocycles. The molecule has 4 heterocycles. The molecule has 4 aromatic rings. The van der Waals surface area contributed by atoms with Gasteiger partial charge in [0.25, 0.3) is 10.0 Å². The third kappa shape index (κ3) is 3.96. The summed E-state index contributed by atoms with van der Waals surface area (Å²) < 4.78 is 37.8. The lowest BCUT2D eigenvalue weighted by atomic mass is 9.98. The first kappa shape index (κ1) is 22.4. The quantitative estimate of drug-likeness (QED) is 0.414. The van der Waals surface area contributed by atoms with Crippen LogP contribution < -0.4 is 10.0 Å². The number of hydrogen-bond donors (Lipinski definition) is 2. The first-order valence-corrected chi connectivity index (χ1v) is 13.9. The fourth-order valence-electron chi connectivity index (χ4n) is 5.42. The summed E-state index contributed by atoms with van der Waals surface area (Å²) in [5.41, 5.74) is 5.90. The van der Waals surface area contributed by atoms with Gasteiger partial charge >= 0.3 is 6.03 Å². The summed E-state index contributed by atoms with van der Waals surface area (Å²) in [6.07, 6.45) is 8.18. The number of carbonyl (C=O) groups is 1. The number of rotatable bonds is 5. The minimum Gasteiger partial charge on any atom is -0.370 e. The van der Waals surface area contributed by atoms with Crippen molar-refractivity contribution < 1.29 is 17.9 Å². The lowest BCUT2D eigenvalue weighted by molar-refractivity contribution is 0.00273. The number of amides is 2. The standard InChI is InChI=1S/C25H25N7O4S/c33-25(30-37(34,35)22-12-20-24(16-4-5-16)36-11-10-32(20)29-22)27-23-18-3-1-2-15(18)6-8-19(23)17-7-9-21-28-26-14-31(21)13-17/h6-9,12-14,16,24H,1-5,10-11H2,(H2,27,30,33). The van der Waals surface area contributed by atoms with E-state index in [4.69, 9.17) is 4.74 Å². The van der Waals surface area contributed by atoms with Gasteiger partial charge in [-0.1, -0.05) is 12.1 Å². The van der Waals surface area contributed by atoms with Crippen LogP contribution in [0.3, 0.4) is 0 Å². The number of anilines is 1. The van der Waals surface area contributed by atoms with E-state index in [1.165, 1.54) is 6.07 Å². The molecule has 190 valence electrons. The first-order chi connectivity index (χ1) is 18.0. The fraction of sp³-hybridized carbons (Fsp3) is 0.360. The lowest BCUT2D eigenvalue weighted by Crippen LogP contribution is -2.35. The number of aromatic nitrogens is 5. The van der Waals surface area contributed by atoms with Crippen molar-refractivity contribution in [2.24, 2.45) is 5.92 Å². The third-order valence-electron chi connectivity index (χ3n) is 7.36. The summed E-state index contributed by atoms with van der Waals surface area (Å²) in [6, 6.07) is 8.49. The highest BCUT2D eigenvalue weighted by Crippen LogP contribution is 2.45. The Kier molecular flexibility index (Phi) is 5.08. The van der Waals surface area contributed by atoms with E-state index in [2.05, 4.69) is 31.4 Å². The van der Waals surface area contributed by atoms with Crippen LogP contribution in [0.1, 0.15) is 42.2 Å². The summed E-state index contributed by atoms with van der Waals surface area (Å²) in [6.45, 7) is 0.975. The number of urea groups is 1. The zero-order valence-electron chi connectivity index (χ0n) is 19.9. The summed E-state index contributed by atoms with van der Waals surface area (Å²) in [4.78, 5) is 13.1. The Morgan fingerprint density at radius 3 is 2.89 bits per heavy atom. The maximum absolute atomic E-state index is 13.1. The van der Waals surface area contributed by atoms with E-state index in [0.717, 1.165) is 60.1 Å². The van der Waals surface area contributed by atoms with E-state index in [1.807, 2.05) is 24.4 Å². The van der Waals surface area contributed by atoms with Crippen LogP contribution in [0.4, 0.5) is 10.5 Å². The number of benzene rings is 1. The largest absolute Gasteiger partial charge is 0.370 e. The molecule has 1 unspecified atom stereocenters. The molecular weight excluding hydrogens is 494 g/mol. The van der Waals surface area contributed by atoms with Gasteiger partial charge in [0.15, 0.2) is 10.7 Å². The number of carbonyl (C=O) groups excluding carboxylic acids is 1. The van der Waals surface area contributed by atoms with Crippen molar-refractivity contribution in [3.05, 3.63) is 59.7 Å². The molecule has 0 spiro atoms. The summed E-state index contributed by atoms with van der Waals surface area (Å²) in [5, 5.41) is 14.9. The van der Waals surface area contributed by atoms with Gasteiger partial charge in [0.05, 0.1) is 24.5 Å². The monoisotopic (exact) mass is 519 g/mol. The molecule has 3 aliphatic rings. The van der Waals surface area contributed by atoms with Gasteiger partial charge in [0.1, 0.15) is 12.4 Å². The average Bonchev–Trinajstić information content (AvgIpc) is 3.26. The van der Waals surface area contributed by atoms with Crippen LogP contribution in [-0.4, -0.2) is 45.4 Å². The Morgan fingerprint density at radius 1 is 1.14 bits per heavy atom. The normalized spacial score (nSPS) is 19.0. The van der Waals surface area contributed by atoms with E-state index in [9.17, 15) is 13.2 Å². The maximum Gasteiger partial charge on any atom is 0.333 e. The molecule has 1 saturated carbocycles. The molecule has 12 heteroatoms. The van der Waals surface area contributed by atoms with Crippen LogP contribution in [0.2, 0.25) is 0 Å². The van der Waals surface area contributed by atoms with Crippen LogP contribution in [0.5, 0.6) is 0 Å². The number of hydrogen-bond acceptors (Lipinski definition) is 7. The smallest absolute Gasteiger partial charge is 0.333 e. The molecule has 3 aromatic heterocycles. The highest BCUT2D eigenvalue weighted by atomic mass is 32.2. The molecule has 1 atom stereocenters. The number of nitrogens with zero attached hydrogens (tertiary/aromatic N) is 5. The van der Waals surface area contributed by atoms with Crippen LogP contribution in [0.15, 0.2) is 47.9 Å². The van der Waals surface area contributed by atoms with Crippen molar-refractivity contribution in [2.75, 3.05) is 11.9 Å². The molecule has 0 bridgehead atoms. The predicted octanol–water partition coefficient (Wildman–Crippen LogP) is 3.07. The Hall–Kier alpha value is -3.77. The molecule has 1 aromatic carbocycles. The van der Waals surface area contributed by atoms with E-state index in [-0.39, 0.29) is 11.1 Å². The van der Waals surface area contributed by atoms with Gasteiger partial charge in [-0.15, -0.1) is 10.2 Å². The molecule has 0 radical (unpaired) electrons. The number of fused-ring (bicyclic) bond motifs is 3. The molecule has 11 nitrogen and oxygen atoms in total. The Labute approximate surface area is 212 Å². The predicted molar refractivity (Wildman–Crippen MR) is 133 cm³/mol. The number of pyridine rings is 1. The van der Waals surface area contributed by atoms with Gasteiger partial charge in [-0.25, -0.2) is 9.52 Å². The van der Waals surface area contributed by atoms with Crippen LogP contribution in [0, 0.1) is 5.92 Å². The van der Waals surface area contributed by atoms with Crippen molar-refractivity contribution >= 4 is 27.4 Å². The van der Waals surface area contributed by atoms with Crippen LogP contribution in [-0.2, 0) is 34.1 Å². The number of aryl methyl sites for hydroxylation is 1. The first-order valence-electron chi connectivity index (χ1n) is 12.4. The van der Waals surface area contributed by atoms with E-state index < -0.39 is 16.1 Å². The van der Waals surface area contributed by atoms with Gasteiger partial charge in [0.2, 0.25) is 0 Å². The number of nitrogens with one attached hydrogen (secondary N) is 2. The van der Waals surface area contributed by atoms with Gasteiger partial charge in [0, 0.05) is 23.4 Å². The SMILES string of the molecule is O=C(Nc1c(-c2ccc3nncn3c2)ccc2c1CCC2)NS(=O)(=O)c1cc2n(n1)CCOC2C1CC1. The second-order valence-corrected chi connectivity index (χ2v) is 11.4. The lowest BCUT2D eigenvalue weighted by Gasteiger charge is -2.23. The Morgan fingerprint density at radius 2 is 2.03 bits per heavy atom. The number of ether oxygens (including phenoxy) is 1. The van der Waals surface area contributed by atoms with Gasteiger partial charge in [-0.2, -0.15) is 13.5 Å². The van der Waals surface area contributed by atoms with E-state index in [0.29, 0.717) is 30.4 Å². The highest BCUT2D eigenvalue weighted by Gasteiger charge is 2.38. The maximum atomic E-state index is 13.1. The Balaban J connectivity index is 1.18. The number of sulfonamides is 1. The van der Waals surface area contributed by atoms with Gasteiger partial charge < -0.3 is 10.1 Å². The molecule has 1 fully saturated rings. The fourth-order valence-corrected chi connectivity index (χ4v) is 6.31. The third-order valence-corrected chi connectivity index (χ3v) is 8.56. The van der Waals surface area contributed by atoms with Crippen LogP contribution in [0.25, 0.3) is 16.8 Å². The van der Waals surface area contributed by atoms with E-state index in [1.54, 1.807) is 15.4 Å². The molecule has 2 N–H and O–H groups in total. The minimum absolute atomic E-state index is 0.142. The van der Waals surface area contributed by atoms with Crippen molar-refractivity contribution in [1.82, 2.24) is 29.1 Å². The van der Waals surface area contributed by atoms with Crippen molar-refractivity contribution in [1.29, 1.82) is 0 Å². The summed E-state index contributed by atoms with van der Waals surface area (Å²) >= 11 is 0. The molecule has 7 rings (SSSR count). The average molecular weight is 520 g/mol. The van der Waals surface area contributed by atoms with Crippen molar-refractivity contribution in [3.8, 4) is 11.1 Å². The van der Waals surface area contributed by atoms with Gasteiger partial charge in [-0.3, -0.25) is 9.08 Å². The van der Waals surface area contributed by atoms with Crippen molar-refractivity contribution in [2.45, 2.75) is 49.8 Å². The van der Waals surface area contributed by atoms with E-state index >= 15 is 0 Å². The Bertz CT molecular complexity index is 1650. The van der Waals surface area contributed by atoms with Gasteiger partial charge in [-0.05, 0) is 61.3 Å². The zero-order chi connectivity index (χ0) is 25.1. The summed E-state index contributed by atoms with van der Waals surface area (Å²) in [5.74, 6) is 0.401. The second kappa shape index (κ2) is 8.38. The molecule has 0 saturated heterocycles. The molecule has 2 amide bonds. The molecule has 37 heavy (non-hydrogen) atoms. The van der Waals surface area contributed by atoms with Crippen LogP contribution >= 0.6 is 0 Å². The zero-order valence-corrected chi connectivity index (χ0v) is 20.7. The molecular formula is C25H25N7O4S. The van der Waals surface area contributed by atoms with Crippen molar-refractivity contribution in [3.63, 3.8) is 0 Å². The minimum atomic E-state index is -4.19.